The van der Waals surface area contributed by atoms with Gasteiger partial charge in [0.05, 0.1) is 0 Å². The average Bonchev–Trinajstić information content (AvgIpc) is 2.53. The fourth-order valence-corrected chi connectivity index (χ4v) is 3.02. The molecule has 0 radical (unpaired) electrons. The van der Waals surface area contributed by atoms with Crippen LogP contribution in [0.4, 0.5) is 4.79 Å². The zero-order valence-electron chi connectivity index (χ0n) is 15.8. The van der Waals surface area contributed by atoms with Gasteiger partial charge in [-0.2, -0.15) is 0 Å². The summed E-state index contributed by atoms with van der Waals surface area (Å²) in [7, 11) is 0. The van der Waals surface area contributed by atoms with Gasteiger partial charge in [0, 0.05) is 6.42 Å². The lowest BCUT2D eigenvalue weighted by Gasteiger charge is -2.03. The summed E-state index contributed by atoms with van der Waals surface area (Å²) >= 11 is 0. The Balaban J connectivity index is 3.07. The molecule has 0 saturated carbocycles. The highest BCUT2D eigenvalue weighted by atomic mass is 16.4. The summed E-state index contributed by atoms with van der Waals surface area (Å²) in [5, 5.41) is 10.3. The third-order valence-electron chi connectivity index (χ3n) is 4.50. The first kappa shape index (κ1) is 22.9. The predicted molar refractivity (Wildman–Crippen MR) is 100 cm³/mol. The second kappa shape index (κ2) is 18.3. The van der Waals surface area contributed by atoms with Gasteiger partial charge in [0.2, 0.25) is 5.91 Å². The Bertz CT molecular complexity index is 305. The summed E-state index contributed by atoms with van der Waals surface area (Å²) in [6.45, 7) is 2.26. The van der Waals surface area contributed by atoms with Crippen LogP contribution in [-0.2, 0) is 4.79 Å². The Morgan fingerprint density at radius 3 is 1.29 bits per heavy atom. The highest BCUT2D eigenvalue weighted by Crippen LogP contribution is 2.13. The number of imide groups is 1. The van der Waals surface area contributed by atoms with Crippen molar-refractivity contribution < 1.29 is 14.7 Å². The van der Waals surface area contributed by atoms with E-state index in [1.54, 1.807) is 0 Å². The van der Waals surface area contributed by atoms with E-state index in [0.29, 0.717) is 6.42 Å². The van der Waals surface area contributed by atoms with E-state index in [2.05, 4.69) is 6.92 Å². The Morgan fingerprint density at radius 2 is 0.958 bits per heavy atom. The van der Waals surface area contributed by atoms with Crippen LogP contribution < -0.4 is 5.32 Å². The molecule has 4 heteroatoms. The number of rotatable bonds is 17. The summed E-state index contributed by atoms with van der Waals surface area (Å²) in [4.78, 5) is 21.4. The molecule has 0 aromatic rings. The van der Waals surface area contributed by atoms with Gasteiger partial charge in [-0.25, -0.2) is 4.79 Å². The van der Waals surface area contributed by atoms with E-state index < -0.39 is 6.09 Å². The molecule has 0 atom stereocenters. The van der Waals surface area contributed by atoms with Crippen molar-refractivity contribution in [2.75, 3.05) is 0 Å². The van der Waals surface area contributed by atoms with E-state index in [1.165, 1.54) is 83.5 Å². The third kappa shape index (κ3) is 19.0. The molecule has 2 N–H and O–H groups in total. The molecule has 0 aromatic carbocycles. The highest BCUT2D eigenvalue weighted by Gasteiger charge is 2.04. The van der Waals surface area contributed by atoms with Gasteiger partial charge in [-0.3, -0.25) is 10.1 Å². The predicted octanol–water partition coefficient (Wildman–Crippen LogP) is 6.43. The fourth-order valence-electron chi connectivity index (χ4n) is 3.02. The maximum absolute atomic E-state index is 11.1. The van der Waals surface area contributed by atoms with Crippen LogP contribution in [0.15, 0.2) is 0 Å². The second-order valence-corrected chi connectivity index (χ2v) is 6.91. The van der Waals surface area contributed by atoms with Gasteiger partial charge >= 0.3 is 6.09 Å². The molecule has 142 valence electrons. The van der Waals surface area contributed by atoms with E-state index in [1.807, 2.05) is 5.32 Å². The molecular weight excluding hydrogens is 302 g/mol. The normalized spacial score (nSPS) is 10.7. The van der Waals surface area contributed by atoms with Crippen LogP contribution in [0.25, 0.3) is 0 Å². The minimum atomic E-state index is -1.25. The van der Waals surface area contributed by atoms with Crippen molar-refractivity contribution in [3.05, 3.63) is 0 Å². The number of carbonyl (C=O) groups is 2. The third-order valence-corrected chi connectivity index (χ3v) is 4.50. The average molecular weight is 342 g/mol. The van der Waals surface area contributed by atoms with Gasteiger partial charge in [-0.15, -0.1) is 0 Å². The SMILES string of the molecule is CCCCCCCCCCCCCCCCCCC(=O)NC(=O)O. The quantitative estimate of drug-likeness (QED) is 0.299. The van der Waals surface area contributed by atoms with Crippen molar-refractivity contribution in [2.45, 2.75) is 116 Å². The van der Waals surface area contributed by atoms with E-state index >= 15 is 0 Å². The van der Waals surface area contributed by atoms with Crippen molar-refractivity contribution >= 4 is 12.0 Å². The van der Waals surface area contributed by atoms with E-state index in [9.17, 15) is 9.59 Å². The zero-order valence-corrected chi connectivity index (χ0v) is 15.8. The highest BCUT2D eigenvalue weighted by molar-refractivity contribution is 5.90. The molecule has 0 bridgehead atoms. The van der Waals surface area contributed by atoms with Crippen LogP contribution >= 0.6 is 0 Å². The van der Waals surface area contributed by atoms with Crippen molar-refractivity contribution in [3.63, 3.8) is 0 Å². The van der Waals surface area contributed by atoms with E-state index in [-0.39, 0.29) is 5.91 Å². The van der Waals surface area contributed by atoms with Crippen LogP contribution in [-0.4, -0.2) is 17.1 Å². The standard InChI is InChI=1S/C20H39NO3/c1-2-3-4-5-6-7-8-9-10-11-12-13-14-15-16-17-18-19(22)21-20(23)24/h2-18H2,1H3,(H,21,22)(H,23,24). The molecular formula is C20H39NO3. The summed E-state index contributed by atoms with van der Waals surface area (Å²) < 4.78 is 0. The van der Waals surface area contributed by atoms with Gasteiger partial charge in [0.25, 0.3) is 0 Å². The summed E-state index contributed by atoms with van der Waals surface area (Å²) in [5.74, 6) is -0.382. The van der Waals surface area contributed by atoms with Crippen LogP contribution in [0, 0.1) is 0 Å². The smallest absolute Gasteiger partial charge is 0.411 e. The maximum Gasteiger partial charge on any atom is 0.411 e. The molecule has 0 saturated heterocycles. The summed E-state index contributed by atoms with van der Waals surface area (Å²) in [5.41, 5.74) is 0. The topological polar surface area (TPSA) is 66.4 Å². The van der Waals surface area contributed by atoms with Gasteiger partial charge in [0.15, 0.2) is 0 Å². The number of hydrogen-bond acceptors (Lipinski definition) is 2. The fraction of sp³-hybridized carbons (Fsp3) is 0.900. The molecule has 4 nitrogen and oxygen atoms in total. The monoisotopic (exact) mass is 341 g/mol. The Kier molecular flexibility index (Phi) is 17.5. The molecule has 0 spiro atoms. The van der Waals surface area contributed by atoms with Gasteiger partial charge in [-0.05, 0) is 6.42 Å². The number of unbranched alkanes of at least 4 members (excludes halogenated alkanes) is 15. The number of carboxylic acid groups (broad SMARTS) is 1. The minimum Gasteiger partial charge on any atom is -0.465 e. The second-order valence-electron chi connectivity index (χ2n) is 6.91. The van der Waals surface area contributed by atoms with Crippen molar-refractivity contribution in [1.29, 1.82) is 0 Å². The number of nitrogens with one attached hydrogen (secondary N) is 1. The summed E-state index contributed by atoms with van der Waals surface area (Å²) in [6, 6.07) is 0. The van der Waals surface area contributed by atoms with Gasteiger partial charge in [-0.1, -0.05) is 103 Å². The van der Waals surface area contributed by atoms with E-state index in [4.69, 9.17) is 5.11 Å². The number of carbonyl (C=O) groups excluding carboxylic acids is 1. The molecule has 2 amide bonds. The molecule has 0 aliphatic rings. The lowest BCUT2D eigenvalue weighted by Crippen LogP contribution is -2.28. The number of hydrogen-bond donors (Lipinski definition) is 2. The molecule has 0 aromatic heterocycles. The Morgan fingerprint density at radius 1 is 0.625 bits per heavy atom. The molecule has 0 heterocycles. The van der Waals surface area contributed by atoms with Gasteiger partial charge < -0.3 is 5.11 Å². The first-order valence-corrected chi connectivity index (χ1v) is 10.2. The minimum absolute atomic E-state index is 0.324. The lowest BCUT2D eigenvalue weighted by molar-refractivity contribution is -0.120. The van der Waals surface area contributed by atoms with Crippen LogP contribution in [0.3, 0.4) is 0 Å². The summed E-state index contributed by atoms with van der Waals surface area (Å²) in [6.07, 6.45) is 19.8. The first-order valence-electron chi connectivity index (χ1n) is 10.2. The van der Waals surface area contributed by atoms with Crippen LogP contribution in [0.2, 0.25) is 0 Å². The zero-order chi connectivity index (χ0) is 17.9. The first-order chi connectivity index (χ1) is 11.7. The Hall–Kier alpha value is -1.06. The van der Waals surface area contributed by atoms with E-state index in [0.717, 1.165) is 19.3 Å². The molecule has 0 aliphatic heterocycles. The molecule has 0 unspecified atom stereocenters. The Labute approximate surface area is 148 Å². The van der Waals surface area contributed by atoms with Crippen molar-refractivity contribution in [1.82, 2.24) is 5.32 Å². The van der Waals surface area contributed by atoms with Crippen LogP contribution in [0.1, 0.15) is 116 Å². The number of amides is 2. The molecule has 24 heavy (non-hydrogen) atoms. The largest absolute Gasteiger partial charge is 0.465 e. The lowest BCUT2D eigenvalue weighted by atomic mass is 10.0. The van der Waals surface area contributed by atoms with Crippen LogP contribution in [0.5, 0.6) is 0 Å². The van der Waals surface area contributed by atoms with Gasteiger partial charge in [0.1, 0.15) is 0 Å². The van der Waals surface area contributed by atoms with Crippen molar-refractivity contribution in [3.8, 4) is 0 Å². The maximum atomic E-state index is 11.1. The molecule has 0 fully saturated rings. The molecule has 0 rings (SSSR count). The van der Waals surface area contributed by atoms with Crippen molar-refractivity contribution in [2.24, 2.45) is 0 Å². The molecule has 0 aliphatic carbocycles.